The van der Waals surface area contributed by atoms with E-state index in [1.807, 2.05) is 69.3 Å². The Labute approximate surface area is 233 Å². The fourth-order valence-electron chi connectivity index (χ4n) is 5.14. The highest BCUT2D eigenvalue weighted by molar-refractivity contribution is 7.90. The second kappa shape index (κ2) is 10.1. The maximum atomic E-state index is 14.2. The van der Waals surface area contributed by atoms with Crippen LogP contribution >= 0.6 is 0 Å². The summed E-state index contributed by atoms with van der Waals surface area (Å²) in [6.07, 6.45) is 0.0976. The third-order valence-corrected chi connectivity index (χ3v) is 9.08. The zero-order valence-corrected chi connectivity index (χ0v) is 23.8. The molecule has 0 bridgehead atoms. The van der Waals surface area contributed by atoms with Gasteiger partial charge in [0.2, 0.25) is 0 Å². The fourth-order valence-corrected chi connectivity index (χ4v) is 6.45. The molecule has 8 nitrogen and oxygen atoms in total. The molecule has 0 spiro atoms. The van der Waals surface area contributed by atoms with Gasteiger partial charge in [0.05, 0.1) is 30.5 Å². The SMILES string of the molecule is COC(=O)C1(C(=O)OC)C[C@H]1c1c(-c2ccc(C)cc2)nn(S(=O)(=O)c2ccc(C)cc2)c1-c1ccc(C)cc1. The van der Waals surface area contributed by atoms with E-state index in [0.29, 0.717) is 22.4 Å². The van der Waals surface area contributed by atoms with Gasteiger partial charge in [-0.3, -0.25) is 9.59 Å². The van der Waals surface area contributed by atoms with E-state index in [1.54, 1.807) is 24.3 Å². The first-order chi connectivity index (χ1) is 19.0. The van der Waals surface area contributed by atoms with E-state index in [2.05, 4.69) is 0 Å². The van der Waals surface area contributed by atoms with E-state index in [4.69, 9.17) is 14.6 Å². The molecule has 0 amide bonds. The van der Waals surface area contributed by atoms with Crippen molar-refractivity contribution in [3.05, 3.63) is 95.1 Å². The number of carbonyl (C=O) groups excluding carboxylic acids is 2. The molecule has 4 aromatic rings. The van der Waals surface area contributed by atoms with Crippen LogP contribution in [0.4, 0.5) is 0 Å². The van der Waals surface area contributed by atoms with Gasteiger partial charge in [0.1, 0.15) is 0 Å². The average Bonchev–Trinajstić information content (AvgIpc) is 3.58. The van der Waals surface area contributed by atoms with Gasteiger partial charge in [0, 0.05) is 22.6 Å². The van der Waals surface area contributed by atoms with Crippen molar-refractivity contribution in [1.29, 1.82) is 0 Å². The molecular weight excluding hydrogens is 528 g/mol. The Morgan fingerprint density at radius 2 is 1.23 bits per heavy atom. The molecule has 1 heterocycles. The number of esters is 2. The van der Waals surface area contributed by atoms with Crippen LogP contribution in [0.1, 0.15) is 34.6 Å². The molecule has 3 aromatic carbocycles. The lowest BCUT2D eigenvalue weighted by Gasteiger charge is -2.15. The number of benzene rings is 3. The minimum atomic E-state index is -4.18. The quantitative estimate of drug-likeness (QED) is 0.227. The number of nitrogens with zero attached hydrogens (tertiary/aromatic N) is 2. The summed E-state index contributed by atoms with van der Waals surface area (Å²) < 4.78 is 39.4. The number of aryl methyl sites for hydroxylation is 3. The predicted octanol–water partition coefficient (Wildman–Crippen LogP) is 5.20. The third kappa shape index (κ3) is 4.40. The van der Waals surface area contributed by atoms with Crippen molar-refractivity contribution >= 4 is 22.0 Å². The molecule has 1 aliphatic carbocycles. The predicted molar refractivity (Wildman–Crippen MR) is 150 cm³/mol. The summed E-state index contributed by atoms with van der Waals surface area (Å²) in [6, 6.07) is 21.4. The molecule has 1 fully saturated rings. The highest BCUT2D eigenvalue weighted by Gasteiger charge is 2.70. The zero-order valence-electron chi connectivity index (χ0n) is 23.0. The lowest BCUT2D eigenvalue weighted by Crippen LogP contribution is -2.30. The van der Waals surface area contributed by atoms with Gasteiger partial charge in [0.25, 0.3) is 10.0 Å². The van der Waals surface area contributed by atoms with Crippen molar-refractivity contribution in [1.82, 2.24) is 9.19 Å². The maximum absolute atomic E-state index is 14.2. The molecule has 0 aliphatic heterocycles. The molecule has 206 valence electrons. The van der Waals surface area contributed by atoms with E-state index in [1.165, 1.54) is 14.2 Å². The first kappa shape index (κ1) is 27.3. The summed E-state index contributed by atoms with van der Waals surface area (Å²) in [6.45, 7) is 5.76. The number of hydrogen-bond acceptors (Lipinski definition) is 7. The standard InChI is InChI=1S/C31H30N2O6S/c1-19-6-12-22(13-7-19)27-26(25-18-31(25,29(34)38-4)30(35)39-5)28(23-14-8-20(2)9-15-23)33(32-27)40(36,37)24-16-10-21(3)11-17-24/h6-17,25H,18H2,1-5H3/t25-/m0/s1. The molecule has 5 rings (SSSR count). The third-order valence-electron chi connectivity index (χ3n) is 7.50. The van der Waals surface area contributed by atoms with E-state index >= 15 is 0 Å². The van der Waals surface area contributed by atoms with Gasteiger partial charge in [-0.25, -0.2) is 0 Å². The van der Waals surface area contributed by atoms with Crippen molar-refractivity contribution in [3.63, 3.8) is 0 Å². The minimum Gasteiger partial charge on any atom is -0.468 e. The van der Waals surface area contributed by atoms with E-state index in [9.17, 15) is 18.0 Å². The lowest BCUT2D eigenvalue weighted by molar-refractivity contribution is -0.161. The molecule has 9 heteroatoms. The number of rotatable bonds is 7. The van der Waals surface area contributed by atoms with E-state index in [-0.39, 0.29) is 17.0 Å². The lowest BCUT2D eigenvalue weighted by atomic mass is 9.92. The molecule has 1 aromatic heterocycles. The summed E-state index contributed by atoms with van der Waals surface area (Å²) >= 11 is 0. The first-order valence-corrected chi connectivity index (χ1v) is 14.2. The Morgan fingerprint density at radius 1 is 0.775 bits per heavy atom. The van der Waals surface area contributed by atoms with Crippen LogP contribution in [0.25, 0.3) is 22.5 Å². The number of hydrogen-bond donors (Lipinski definition) is 0. The van der Waals surface area contributed by atoms with Gasteiger partial charge in [-0.1, -0.05) is 77.4 Å². The number of ether oxygens (including phenoxy) is 2. The van der Waals surface area contributed by atoms with Crippen molar-refractivity contribution in [2.75, 3.05) is 14.2 Å². The van der Waals surface area contributed by atoms with Crippen LogP contribution in [0, 0.1) is 26.2 Å². The Morgan fingerprint density at radius 3 is 1.70 bits per heavy atom. The Balaban J connectivity index is 1.86. The smallest absolute Gasteiger partial charge is 0.323 e. The van der Waals surface area contributed by atoms with Gasteiger partial charge in [-0.05, 0) is 39.3 Å². The maximum Gasteiger partial charge on any atom is 0.323 e. The minimum absolute atomic E-state index is 0.0685. The molecule has 0 unspecified atom stereocenters. The summed E-state index contributed by atoms with van der Waals surface area (Å²) in [5.74, 6) is -2.19. The molecule has 1 saturated carbocycles. The van der Waals surface area contributed by atoms with Crippen molar-refractivity contribution in [3.8, 4) is 22.5 Å². The van der Waals surface area contributed by atoms with Crippen LogP contribution in [0.3, 0.4) is 0 Å². The van der Waals surface area contributed by atoms with Crippen LogP contribution < -0.4 is 0 Å². The van der Waals surface area contributed by atoms with E-state index < -0.39 is 33.3 Å². The Bertz CT molecular complexity index is 1690. The highest BCUT2D eigenvalue weighted by Crippen LogP contribution is 2.64. The number of carbonyl (C=O) groups is 2. The Kier molecular flexibility index (Phi) is 6.87. The van der Waals surface area contributed by atoms with Gasteiger partial charge in [0.15, 0.2) is 5.41 Å². The van der Waals surface area contributed by atoms with Gasteiger partial charge >= 0.3 is 11.9 Å². The monoisotopic (exact) mass is 558 g/mol. The summed E-state index contributed by atoms with van der Waals surface area (Å²) in [5, 5.41) is 4.70. The average molecular weight is 559 g/mol. The largest absolute Gasteiger partial charge is 0.468 e. The highest BCUT2D eigenvalue weighted by atomic mass is 32.2. The molecule has 0 N–H and O–H groups in total. The second-order valence-corrected chi connectivity index (χ2v) is 12.0. The first-order valence-electron chi connectivity index (χ1n) is 12.8. The zero-order chi connectivity index (χ0) is 28.8. The number of methoxy groups -OCH3 is 2. The number of aromatic nitrogens is 2. The van der Waals surface area contributed by atoms with Gasteiger partial charge in [-0.2, -0.15) is 17.6 Å². The summed E-state index contributed by atoms with van der Waals surface area (Å²) in [4.78, 5) is 26.2. The van der Waals surface area contributed by atoms with Gasteiger partial charge in [-0.15, -0.1) is 0 Å². The molecule has 0 radical (unpaired) electrons. The van der Waals surface area contributed by atoms with Crippen LogP contribution in [-0.2, 0) is 29.1 Å². The van der Waals surface area contributed by atoms with Crippen molar-refractivity contribution in [2.45, 2.75) is 38.0 Å². The summed E-state index contributed by atoms with van der Waals surface area (Å²) in [7, 11) is -1.75. The molecule has 0 saturated heterocycles. The normalized spacial score (nSPS) is 15.9. The van der Waals surface area contributed by atoms with Gasteiger partial charge < -0.3 is 9.47 Å². The van der Waals surface area contributed by atoms with E-state index in [0.717, 1.165) is 20.8 Å². The molecule has 1 atom stereocenters. The Hall–Kier alpha value is -4.24. The fraction of sp³-hybridized carbons (Fsp3) is 0.258. The molecule has 40 heavy (non-hydrogen) atoms. The molecule has 1 aliphatic rings. The molecular formula is C31H30N2O6S. The van der Waals surface area contributed by atoms with Crippen molar-refractivity contribution in [2.24, 2.45) is 5.41 Å². The second-order valence-electron chi connectivity index (χ2n) is 10.2. The van der Waals surface area contributed by atoms with Crippen LogP contribution in [-0.4, -0.2) is 43.8 Å². The summed E-state index contributed by atoms with van der Waals surface area (Å²) in [5.41, 5.74) is 3.67. The van der Waals surface area contributed by atoms with Crippen molar-refractivity contribution < 1.29 is 27.5 Å². The van der Waals surface area contributed by atoms with Crippen LogP contribution in [0.5, 0.6) is 0 Å². The van der Waals surface area contributed by atoms with Crippen LogP contribution in [0.15, 0.2) is 77.7 Å². The van der Waals surface area contributed by atoms with Crippen LogP contribution in [0.2, 0.25) is 0 Å². The topological polar surface area (TPSA) is 105 Å².